The first-order valence-corrected chi connectivity index (χ1v) is 7.93. The first-order valence-electron chi connectivity index (χ1n) is 7.93. The molecular formula is C15H24N4O2. The number of rotatable bonds is 6. The zero-order valence-corrected chi connectivity index (χ0v) is 12.4. The zero-order valence-electron chi connectivity index (χ0n) is 12.4. The quantitative estimate of drug-likeness (QED) is 0.789. The molecule has 1 aliphatic carbocycles. The Bertz CT molecular complexity index is 519. The molecule has 0 unspecified atom stereocenters. The number of nitrogens with zero attached hydrogens (tertiary/aromatic N) is 3. The minimum absolute atomic E-state index is 0.0579. The number of aromatic nitrogens is 2. The van der Waals surface area contributed by atoms with E-state index in [1.807, 2.05) is 10.8 Å². The highest BCUT2D eigenvalue weighted by atomic mass is 16.5. The van der Waals surface area contributed by atoms with Crippen LogP contribution in [0, 0.1) is 0 Å². The van der Waals surface area contributed by atoms with E-state index in [1.165, 1.54) is 0 Å². The maximum absolute atomic E-state index is 12.5. The molecule has 2 fully saturated rings. The van der Waals surface area contributed by atoms with Crippen LogP contribution in [0.4, 0.5) is 5.82 Å². The van der Waals surface area contributed by atoms with Gasteiger partial charge >= 0.3 is 0 Å². The summed E-state index contributed by atoms with van der Waals surface area (Å²) in [5.41, 5.74) is 5.53. The summed E-state index contributed by atoms with van der Waals surface area (Å²) in [6, 6.07) is 0.399. The van der Waals surface area contributed by atoms with Crippen LogP contribution >= 0.6 is 0 Å². The van der Waals surface area contributed by atoms with Crippen LogP contribution in [0.3, 0.4) is 0 Å². The van der Waals surface area contributed by atoms with E-state index in [9.17, 15) is 4.79 Å². The number of anilines is 1. The third kappa shape index (κ3) is 3.44. The summed E-state index contributed by atoms with van der Waals surface area (Å²) in [6.07, 6.45) is 8.88. The molecule has 0 amide bonds. The molecule has 1 aliphatic heterocycles. The average molecular weight is 292 g/mol. The van der Waals surface area contributed by atoms with Crippen molar-refractivity contribution in [3.8, 4) is 0 Å². The maximum Gasteiger partial charge on any atom is 0.293 e. The fourth-order valence-corrected chi connectivity index (χ4v) is 2.84. The van der Waals surface area contributed by atoms with Crippen molar-refractivity contribution in [3.05, 3.63) is 22.7 Å². The van der Waals surface area contributed by atoms with Crippen LogP contribution in [0.25, 0.3) is 0 Å². The lowest BCUT2D eigenvalue weighted by Gasteiger charge is -2.32. The second-order valence-corrected chi connectivity index (χ2v) is 5.89. The molecule has 3 rings (SSSR count). The van der Waals surface area contributed by atoms with Crippen LogP contribution < -0.4 is 16.2 Å². The topological polar surface area (TPSA) is 73.4 Å². The van der Waals surface area contributed by atoms with Crippen LogP contribution in [0.1, 0.15) is 38.1 Å². The summed E-state index contributed by atoms with van der Waals surface area (Å²) >= 11 is 0. The van der Waals surface area contributed by atoms with E-state index in [4.69, 9.17) is 10.5 Å². The molecule has 2 aliphatic rings. The Labute approximate surface area is 124 Å². The molecule has 0 atom stereocenters. The molecule has 21 heavy (non-hydrogen) atoms. The lowest BCUT2D eigenvalue weighted by atomic mass is 10.1. The average Bonchev–Trinajstić information content (AvgIpc) is 3.33. The van der Waals surface area contributed by atoms with Crippen LogP contribution in [0.2, 0.25) is 0 Å². The second kappa shape index (κ2) is 6.58. The number of hydrogen-bond donors (Lipinski definition) is 1. The normalized spacial score (nSPS) is 20.0. The number of ether oxygens (including phenoxy) is 1. The van der Waals surface area contributed by atoms with Gasteiger partial charge in [0.05, 0.1) is 6.10 Å². The predicted molar refractivity (Wildman–Crippen MR) is 81.6 cm³/mol. The molecule has 0 spiro atoms. The zero-order chi connectivity index (χ0) is 14.7. The number of hydrogen-bond acceptors (Lipinski definition) is 5. The van der Waals surface area contributed by atoms with Crippen LogP contribution in [0.15, 0.2) is 17.2 Å². The van der Waals surface area contributed by atoms with Crippen molar-refractivity contribution >= 4 is 5.82 Å². The smallest absolute Gasteiger partial charge is 0.293 e. The second-order valence-electron chi connectivity index (χ2n) is 5.89. The highest BCUT2D eigenvalue weighted by Crippen LogP contribution is 2.33. The van der Waals surface area contributed by atoms with Gasteiger partial charge in [0.2, 0.25) is 0 Å². The molecule has 0 radical (unpaired) electrons. The molecule has 116 valence electrons. The molecule has 0 aromatic carbocycles. The summed E-state index contributed by atoms with van der Waals surface area (Å²) in [6.45, 7) is 3.08. The summed E-state index contributed by atoms with van der Waals surface area (Å²) in [4.78, 5) is 18.9. The van der Waals surface area contributed by atoms with Crippen molar-refractivity contribution in [2.45, 2.75) is 44.2 Å². The van der Waals surface area contributed by atoms with Crippen LogP contribution in [-0.4, -0.2) is 41.9 Å². The van der Waals surface area contributed by atoms with Crippen molar-refractivity contribution in [2.75, 3.05) is 31.1 Å². The van der Waals surface area contributed by atoms with E-state index in [0.717, 1.165) is 51.8 Å². The first-order chi connectivity index (χ1) is 10.3. The highest BCUT2D eigenvalue weighted by Gasteiger charge is 2.27. The molecule has 6 nitrogen and oxygen atoms in total. The molecule has 1 aromatic rings. The van der Waals surface area contributed by atoms with Gasteiger partial charge in [-0.3, -0.25) is 4.79 Å². The minimum Gasteiger partial charge on any atom is -0.378 e. The van der Waals surface area contributed by atoms with Gasteiger partial charge < -0.3 is 19.9 Å². The Kier molecular flexibility index (Phi) is 4.55. The number of nitrogens with two attached hydrogens (primary N) is 1. The summed E-state index contributed by atoms with van der Waals surface area (Å²) in [5.74, 6) is 0.602. The highest BCUT2D eigenvalue weighted by molar-refractivity contribution is 5.36. The summed E-state index contributed by atoms with van der Waals surface area (Å²) < 4.78 is 7.64. The van der Waals surface area contributed by atoms with E-state index >= 15 is 0 Å². The van der Waals surface area contributed by atoms with E-state index in [0.29, 0.717) is 24.5 Å². The first kappa shape index (κ1) is 14.5. The van der Waals surface area contributed by atoms with E-state index in [1.54, 1.807) is 6.20 Å². The van der Waals surface area contributed by atoms with Crippen molar-refractivity contribution in [3.63, 3.8) is 0 Å². The molecule has 1 saturated heterocycles. The van der Waals surface area contributed by atoms with E-state index < -0.39 is 0 Å². The minimum atomic E-state index is 0.0579. The lowest BCUT2D eigenvalue weighted by Crippen LogP contribution is -2.41. The molecule has 1 aromatic heterocycles. The summed E-state index contributed by atoms with van der Waals surface area (Å²) in [7, 11) is 0. The standard InChI is InChI=1S/C15H24N4O2/c16-6-1-11-21-13-4-8-18(9-5-13)14-15(20)19(10-7-17-14)12-2-3-12/h7,10,12-13H,1-6,8-9,11,16H2. The van der Waals surface area contributed by atoms with Gasteiger partial charge in [0.25, 0.3) is 5.56 Å². The van der Waals surface area contributed by atoms with E-state index in [-0.39, 0.29) is 5.56 Å². The Hall–Kier alpha value is -1.40. The van der Waals surface area contributed by atoms with Gasteiger partial charge in [-0.25, -0.2) is 4.98 Å². The van der Waals surface area contributed by atoms with Gasteiger partial charge in [-0.1, -0.05) is 0 Å². The maximum atomic E-state index is 12.5. The van der Waals surface area contributed by atoms with Gasteiger partial charge in [-0.05, 0) is 38.6 Å². The van der Waals surface area contributed by atoms with Gasteiger partial charge in [-0.2, -0.15) is 0 Å². The molecule has 2 heterocycles. The van der Waals surface area contributed by atoms with Crippen molar-refractivity contribution < 1.29 is 4.74 Å². The Morgan fingerprint density at radius 3 is 2.71 bits per heavy atom. The molecule has 2 N–H and O–H groups in total. The Morgan fingerprint density at radius 2 is 2.05 bits per heavy atom. The number of piperidine rings is 1. The Morgan fingerprint density at radius 1 is 1.29 bits per heavy atom. The van der Waals surface area contributed by atoms with Gasteiger partial charge in [-0.15, -0.1) is 0 Å². The van der Waals surface area contributed by atoms with Crippen LogP contribution in [-0.2, 0) is 4.74 Å². The molecular weight excluding hydrogens is 268 g/mol. The largest absolute Gasteiger partial charge is 0.378 e. The molecule has 0 bridgehead atoms. The van der Waals surface area contributed by atoms with Gasteiger partial charge in [0, 0.05) is 38.1 Å². The monoisotopic (exact) mass is 292 g/mol. The van der Waals surface area contributed by atoms with Gasteiger partial charge in [0.15, 0.2) is 5.82 Å². The fraction of sp³-hybridized carbons (Fsp3) is 0.733. The van der Waals surface area contributed by atoms with Crippen molar-refractivity contribution in [1.29, 1.82) is 0 Å². The van der Waals surface area contributed by atoms with Gasteiger partial charge in [0.1, 0.15) is 0 Å². The van der Waals surface area contributed by atoms with Crippen molar-refractivity contribution in [1.82, 2.24) is 9.55 Å². The predicted octanol–water partition coefficient (Wildman–Crippen LogP) is 0.912. The SMILES string of the molecule is NCCCOC1CCN(c2nccn(C3CC3)c2=O)CC1. The third-order valence-corrected chi connectivity index (χ3v) is 4.23. The third-order valence-electron chi connectivity index (χ3n) is 4.23. The fourth-order valence-electron chi connectivity index (χ4n) is 2.84. The van der Waals surface area contributed by atoms with Crippen molar-refractivity contribution in [2.24, 2.45) is 5.73 Å². The lowest BCUT2D eigenvalue weighted by molar-refractivity contribution is 0.0365. The molecule has 6 heteroatoms. The summed E-state index contributed by atoms with van der Waals surface area (Å²) in [5, 5.41) is 0. The Balaban J connectivity index is 1.59. The molecule has 1 saturated carbocycles. The van der Waals surface area contributed by atoms with E-state index in [2.05, 4.69) is 9.88 Å². The van der Waals surface area contributed by atoms with Crippen LogP contribution in [0.5, 0.6) is 0 Å².